The number of hydrogen-bond donors (Lipinski definition) is 2. The molecule has 1 aromatic rings. The highest BCUT2D eigenvalue weighted by Crippen LogP contribution is 2.13. The van der Waals surface area contributed by atoms with E-state index in [4.69, 9.17) is 9.47 Å². The molecule has 0 aromatic heterocycles. The zero-order chi connectivity index (χ0) is 14.5. The molecule has 0 saturated carbocycles. The fourth-order valence-electron chi connectivity index (χ4n) is 1.75. The zero-order valence-electron chi connectivity index (χ0n) is 10.5. The first kappa shape index (κ1) is 14.2. The van der Waals surface area contributed by atoms with Crippen molar-refractivity contribution in [1.82, 2.24) is 0 Å². The van der Waals surface area contributed by atoms with Gasteiger partial charge < -0.3 is 19.7 Å². The van der Waals surface area contributed by atoms with E-state index in [1.807, 2.05) is 0 Å². The van der Waals surface area contributed by atoms with Gasteiger partial charge in [-0.3, -0.25) is 0 Å². The van der Waals surface area contributed by atoms with E-state index >= 15 is 0 Å². The van der Waals surface area contributed by atoms with Crippen molar-refractivity contribution in [3.8, 4) is 0 Å². The first-order valence-corrected chi connectivity index (χ1v) is 6.05. The van der Waals surface area contributed by atoms with Crippen LogP contribution in [0.3, 0.4) is 0 Å². The maximum absolute atomic E-state index is 11.7. The average Bonchev–Trinajstić information content (AvgIpc) is 2.47. The van der Waals surface area contributed by atoms with Gasteiger partial charge in [0.25, 0.3) is 0 Å². The van der Waals surface area contributed by atoms with Crippen LogP contribution in [0.15, 0.2) is 42.5 Å². The molecule has 6 nitrogen and oxygen atoms in total. The van der Waals surface area contributed by atoms with Crippen LogP contribution >= 0.6 is 0 Å². The third-order valence-corrected chi connectivity index (χ3v) is 2.79. The average molecular weight is 278 g/mol. The summed E-state index contributed by atoms with van der Waals surface area (Å²) in [6, 6.07) is 8.28. The summed E-state index contributed by atoms with van der Waals surface area (Å²) in [5.41, 5.74) is 0.348. The molecule has 0 aliphatic carbocycles. The van der Waals surface area contributed by atoms with Gasteiger partial charge in [0, 0.05) is 6.08 Å². The molecule has 1 aliphatic rings. The van der Waals surface area contributed by atoms with Crippen LogP contribution in [0.1, 0.15) is 10.4 Å². The summed E-state index contributed by atoms with van der Waals surface area (Å²) in [6.07, 6.45) is -1.27. The Hall–Kier alpha value is -2.18. The van der Waals surface area contributed by atoms with Crippen LogP contribution in [0.5, 0.6) is 0 Å². The van der Waals surface area contributed by atoms with Crippen molar-refractivity contribution in [3.63, 3.8) is 0 Å². The fraction of sp³-hybridized carbons (Fsp3) is 0.286. The number of cyclic esters (lactones) is 1. The van der Waals surface area contributed by atoms with Gasteiger partial charge in [0.2, 0.25) is 0 Å². The van der Waals surface area contributed by atoms with Gasteiger partial charge in [-0.15, -0.1) is 0 Å². The van der Waals surface area contributed by atoms with Crippen LogP contribution in [-0.4, -0.2) is 47.1 Å². The fourth-order valence-corrected chi connectivity index (χ4v) is 1.75. The third kappa shape index (κ3) is 3.43. The maximum atomic E-state index is 11.7. The van der Waals surface area contributed by atoms with Crippen molar-refractivity contribution in [1.29, 1.82) is 0 Å². The molecule has 0 spiro atoms. The van der Waals surface area contributed by atoms with Crippen molar-refractivity contribution in [2.75, 3.05) is 6.61 Å². The Balaban J connectivity index is 1.89. The third-order valence-electron chi connectivity index (χ3n) is 2.79. The zero-order valence-corrected chi connectivity index (χ0v) is 10.5. The maximum Gasteiger partial charge on any atom is 0.338 e. The summed E-state index contributed by atoms with van der Waals surface area (Å²) >= 11 is 0. The number of ether oxygens (including phenoxy) is 2. The number of carbonyl (C=O) groups is 2. The van der Waals surface area contributed by atoms with Crippen LogP contribution in [0.2, 0.25) is 0 Å². The van der Waals surface area contributed by atoms with E-state index in [-0.39, 0.29) is 6.61 Å². The van der Waals surface area contributed by atoms with E-state index in [0.29, 0.717) is 5.56 Å². The second kappa shape index (κ2) is 6.31. The Bertz CT molecular complexity index is 510. The number of rotatable bonds is 4. The first-order chi connectivity index (χ1) is 9.58. The Morgan fingerprint density at radius 1 is 1.35 bits per heavy atom. The number of aliphatic hydroxyl groups is 2. The Morgan fingerprint density at radius 3 is 2.75 bits per heavy atom. The highest BCUT2D eigenvalue weighted by atomic mass is 16.6. The minimum atomic E-state index is -1.30. The molecule has 0 radical (unpaired) electrons. The van der Waals surface area contributed by atoms with Gasteiger partial charge in [-0.2, -0.15) is 0 Å². The van der Waals surface area contributed by atoms with Crippen LogP contribution in [0.25, 0.3) is 0 Å². The van der Waals surface area contributed by atoms with Gasteiger partial charge in [0.05, 0.1) is 5.56 Å². The molecule has 0 saturated heterocycles. The standard InChI is InChI=1S/C14H14O6/c15-10-6-7-12(17)20-13(10)11(16)8-19-14(18)9-4-2-1-3-5-9/h1-7,10-11,13,15-16H,8H2/t10-,11-,13+/m1/s1. The summed E-state index contributed by atoms with van der Waals surface area (Å²) in [5, 5.41) is 19.4. The van der Waals surface area contributed by atoms with E-state index in [2.05, 4.69) is 0 Å². The summed E-state index contributed by atoms with van der Waals surface area (Å²) < 4.78 is 9.69. The molecule has 1 aromatic carbocycles. The van der Waals surface area contributed by atoms with Crippen molar-refractivity contribution in [3.05, 3.63) is 48.0 Å². The Morgan fingerprint density at radius 2 is 2.05 bits per heavy atom. The van der Waals surface area contributed by atoms with Crippen molar-refractivity contribution in [2.24, 2.45) is 0 Å². The molecule has 20 heavy (non-hydrogen) atoms. The summed E-state index contributed by atoms with van der Waals surface area (Å²) in [4.78, 5) is 22.7. The molecule has 0 amide bonds. The number of carbonyl (C=O) groups excluding carboxylic acids is 2. The number of benzene rings is 1. The molecule has 3 atom stereocenters. The highest BCUT2D eigenvalue weighted by Gasteiger charge is 2.32. The van der Waals surface area contributed by atoms with Crippen molar-refractivity contribution in [2.45, 2.75) is 18.3 Å². The molecule has 1 aliphatic heterocycles. The molecular weight excluding hydrogens is 264 g/mol. The van der Waals surface area contributed by atoms with E-state index in [9.17, 15) is 19.8 Å². The summed E-state index contributed by atoms with van der Waals surface area (Å²) in [5.74, 6) is -1.26. The smallest absolute Gasteiger partial charge is 0.338 e. The van der Waals surface area contributed by atoms with E-state index in [1.54, 1.807) is 30.3 Å². The lowest BCUT2D eigenvalue weighted by atomic mass is 10.1. The van der Waals surface area contributed by atoms with Crippen LogP contribution in [-0.2, 0) is 14.3 Å². The van der Waals surface area contributed by atoms with Gasteiger partial charge in [-0.25, -0.2) is 9.59 Å². The Labute approximate surface area is 115 Å². The summed E-state index contributed by atoms with van der Waals surface area (Å²) in [6.45, 7) is -0.378. The lowest BCUT2D eigenvalue weighted by molar-refractivity contribution is -0.160. The molecular formula is C14H14O6. The molecule has 2 rings (SSSR count). The topological polar surface area (TPSA) is 93.1 Å². The lowest BCUT2D eigenvalue weighted by Gasteiger charge is -2.27. The molecule has 6 heteroatoms. The minimum Gasteiger partial charge on any atom is -0.459 e. The molecule has 0 bridgehead atoms. The van der Waals surface area contributed by atoms with E-state index in [0.717, 1.165) is 6.08 Å². The van der Waals surface area contributed by atoms with Gasteiger partial charge in [-0.1, -0.05) is 18.2 Å². The number of esters is 2. The lowest BCUT2D eigenvalue weighted by Crippen LogP contribution is -2.44. The molecule has 106 valence electrons. The molecule has 0 fully saturated rings. The Kier molecular flexibility index (Phi) is 4.49. The van der Waals surface area contributed by atoms with E-state index in [1.165, 1.54) is 6.08 Å². The van der Waals surface area contributed by atoms with E-state index < -0.39 is 30.3 Å². The van der Waals surface area contributed by atoms with Crippen molar-refractivity contribution >= 4 is 11.9 Å². The second-order valence-electron chi connectivity index (χ2n) is 4.28. The van der Waals surface area contributed by atoms with Crippen LogP contribution < -0.4 is 0 Å². The molecule has 1 heterocycles. The molecule has 2 N–H and O–H groups in total. The monoisotopic (exact) mass is 278 g/mol. The predicted molar refractivity (Wildman–Crippen MR) is 67.8 cm³/mol. The van der Waals surface area contributed by atoms with Gasteiger partial charge in [0.1, 0.15) is 18.8 Å². The minimum absolute atomic E-state index is 0.348. The molecule has 0 unspecified atom stereocenters. The van der Waals surface area contributed by atoms with Gasteiger partial charge in [-0.05, 0) is 18.2 Å². The number of hydrogen-bond acceptors (Lipinski definition) is 6. The van der Waals surface area contributed by atoms with Gasteiger partial charge in [0.15, 0.2) is 6.10 Å². The predicted octanol–water partition coefficient (Wildman–Crippen LogP) is 0.0468. The highest BCUT2D eigenvalue weighted by molar-refractivity contribution is 5.89. The van der Waals surface area contributed by atoms with Gasteiger partial charge >= 0.3 is 11.9 Å². The number of aliphatic hydroxyl groups excluding tert-OH is 2. The van der Waals surface area contributed by atoms with Crippen molar-refractivity contribution < 1.29 is 29.3 Å². The van der Waals surface area contributed by atoms with Crippen LogP contribution in [0, 0.1) is 0 Å². The second-order valence-corrected chi connectivity index (χ2v) is 4.28. The first-order valence-electron chi connectivity index (χ1n) is 6.05. The normalized spacial score (nSPS) is 23.0. The quantitative estimate of drug-likeness (QED) is 0.756. The largest absolute Gasteiger partial charge is 0.459 e. The van der Waals surface area contributed by atoms with Crippen LogP contribution in [0.4, 0.5) is 0 Å². The SMILES string of the molecule is O=C1C=C[C@@H](O)[C@@H]([C@H](O)COC(=O)c2ccccc2)O1. The summed E-state index contributed by atoms with van der Waals surface area (Å²) in [7, 11) is 0.